The molecule has 1 atom stereocenters. The van der Waals surface area contributed by atoms with E-state index in [1.165, 1.54) is 4.52 Å². The van der Waals surface area contributed by atoms with Gasteiger partial charge in [-0.25, -0.2) is 9.50 Å². The lowest BCUT2D eigenvalue weighted by atomic mass is 10.2. The zero-order valence-corrected chi connectivity index (χ0v) is 9.59. The number of morpholine rings is 1. The molecule has 1 N–H and O–H groups in total. The predicted molar refractivity (Wildman–Crippen MR) is 63.4 cm³/mol. The molecule has 1 aliphatic heterocycles. The molecule has 3 heterocycles. The number of nitrogens with one attached hydrogen (secondary N) is 1. The van der Waals surface area contributed by atoms with E-state index in [9.17, 15) is 4.79 Å². The molecule has 0 bridgehead atoms. The quantitative estimate of drug-likeness (QED) is 0.768. The summed E-state index contributed by atoms with van der Waals surface area (Å²) in [5.41, 5.74) is 0.555. The third-order valence-electron chi connectivity index (χ3n) is 3.03. The molecule has 90 valence electrons. The summed E-state index contributed by atoms with van der Waals surface area (Å²) in [7, 11) is 0. The number of H-pyrrole nitrogens is 1. The van der Waals surface area contributed by atoms with Crippen molar-refractivity contribution in [1.82, 2.24) is 14.6 Å². The molecule has 0 radical (unpaired) electrons. The number of hydrogen-bond donors (Lipinski definition) is 1. The van der Waals surface area contributed by atoms with Gasteiger partial charge in [-0.2, -0.15) is 0 Å². The molecule has 0 unspecified atom stereocenters. The van der Waals surface area contributed by atoms with Crippen LogP contribution in [-0.4, -0.2) is 40.4 Å². The first kappa shape index (κ1) is 10.3. The second-order valence-electron chi connectivity index (χ2n) is 4.23. The molecule has 2 aromatic heterocycles. The van der Waals surface area contributed by atoms with Crippen LogP contribution in [0.4, 0.5) is 5.82 Å². The van der Waals surface area contributed by atoms with Crippen LogP contribution in [0, 0.1) is 0 Å². The molecule has 1 fully saturated rings. The van der Waals surface area contributed by atoms with E-state index in [0.717, 1.165) is 12.4 Å². The van der Waals surface area contributed by atoms with Crippen LogP contribution in [0.3, 0.4) is 0 Å². The number of ether oxygens (including phenoxy) is 1. The highest BCUT2D eigenvalue weighted by molar-refractivity contribution is 5.48. The Morgan fingerprint density at radius 2 is 2.47 bits per heavy atom. The SMILES string of the molecule is C[C@@H]1COCCN1c1cc(=O)n2[nH]ccc2n1. The van der Waals surface area contributed by atoms with Gasteiger partial charge in [-0.15, -0.1) is 0 Å². The van der Waals surface area contributed by atoms with Crippen molar-refractivity contribution in [3.05, 3.63) is 28.7 Å². The topological polar surface area (TPSA) is 62.6 Å². The molecule has 6 nitrogen and oxygen atoms in total. The van der Waals surface area contributed by atoms with Crippen LogP contribution in [0.2, 0.25) is 0 Å². The van der Waals surface area contributed by atoms with Crippen LogP contribution in [0.15, 0.2) is 23.1 Å². The van der Waals surface area contributed by atoms with Crippen LogP contribution >= 0.6 is 0 Å². The van der Waals surface area contributed by atoms with Crippen LogP contribution in [0.25, 0.3) is 5.65 Å². The Balaban J connectivity index is 2.07. The lowest BCUT2D eigenvalue weighted by Gasteiger charge is -2.34. The Hall–Kier alpha value is -1.82. The van der Waals surface area contributed by atoms with Crippen LogP contribution in [0.1, 0.15) is 6.92 Å². The number of hydrogen-bond acceptors (Lipinski definition) is 4. The highest BCUT2D eigenvalue weighted by Gasteiger charge is 2.21. The lowest BCUT2D eigenvalue weighted by Crippen LogP contribution is -2.44. The third-order valence-corrected chi connectivity index (χ3v) is 3.03. The molecule has 0 saturated carbocycles. The first-order chi connectivity index (χ1) is 8.25. The smallest absolute Gasteiger partial charge is 0.274 e. The standard InChI is InChI=1S/C11H14N4O2/c1-8-7-17-5-4-14(8)10-6-11(16)15-9(13-10)2-3-12-15/h2-3,6,8,12H,4-5,7H2,1H3/t8-/m1/s1. The molecule has 0 amide bonds. The maximum absolute atomic E-state index is 11.8. The van der Waals surface area contributed by atoms with Crippen molar-refractivity contribution < 1.29 is 4.74 Å². The van der Waals surface area contributed by atoms with E-state index < -0.39 is 0 Å². The van der Waals surface area contributed by atoms with Crippen molar-refractivity contribution in [3.63, 3.8) is 0 Å². The van der Waals surface area contributed by atoms with Gasteiger partial charge in [-0.1, -0.05) is 0 Å². The van der Waals surface area contributed by atoms with E-state index in [2.05, 4.69) is 21.9 Å². The Morgan fingerprint density at radius 1 is 1.59 bits per heavy atom. The van der Waals surface area contributed by atoms with Crippen molar-refractivity contribution >= 4 is 11.5 Å². The van der Waals surface area contributed by atoms with Crippen molar-refractivity contribution in [2.45, 2.75) is 13.0 Å². The zero-order chi connectivity index (χ0) is 11.8. The number of anilines is 1. The summed E-state index contributed by atoms with van der Waals surface area (Å²) >= 11 is 0. The summed E-state index contributed by atoms with van der Waals surface area (Å²) in [6.45, 7) is 4.20. The minimum atomic E-state index is -0.0892. The molecule has 0 aromatic carbocycles. The molecular weight excluding hydrogens is 220 g/mol. The maximum atomic E-state index is 11.8. The first-order valence-electron chi connectivity index (χ1n) is 5.67. The molecule has 6 heteroatoms. The fraction of sp³-hybridized carbons (Fsp3) is 0.455. The highest BCUT2D eigenvalue weighted by atomic mass is 16.5. The number of nitrogens with zero attached hydrogens (tertiary/aromatic N) is 3. The molecule has 3 rings (SSSR count). The summed E-state index contributed by atoms with van der Waals surface area (Å²) in [5, 5.41) is 2.83. The third kappa shape index (κ3) is 1.70. The maximum Gasteiger partial charge on any atom is 0.274 e. The number of aromatic amines is 1. The minimum absolute atomic E-state index is 0.0892. The molecule has 17 heavy (non-hydrogen) atoms. The van der Waals surface area contributed by atoms with Crippen molar-refractivity contribution in [2.75, 3.05) is 24.7 Å². The van der Waals surface area contributed by atoms with E-state index in [4.69, 9.17) is 4.74 Å². The summed E-state index contributed by atoms with van der Waals surface area (Å²) in [5.74, 6) is 0.727. The molecular formula is C11H14N4O2. The largest absolute Gasteiger partial charge is 0.377 e. The minimum Gasteiger partial charge on any atom is -0.377 e. The average molecular weight is 234 g/mol. The Morgan fingerprint density at radius 3 is 3.29 bits per heavy atom. The number of aromatic nitrogens is 3. The van der Waals surface area contributed by atoms with E-state index in [1.54, 1.807) is 18.3 Å². The fourth-order valence-electron chi connectivity index (χ4n) is 2.13. The molecule has 0 aliphatic carbocycles. The van der Waals surface area contributed by atoms with Gasteiger partial charge in [0, 0.05) is 24.9 Å². The van der Waals surface area contributed by atoms with Gasteiger partial charge in [-0.05, 0) is 6.92 Å². The van der Waals surface area contributed by atoms with Crippen molar-refractivity contribution in [1.29, 1.82) is 0 Å². The Bertz CT molecular complexity index is 588. The predicted octanol–water partition coefficient (Wildman–Crippen LogP) is 0.248. The van der Waals surface area contributed by atoms with Gasteiger partial charge in [0.1, 0.15) is 5.82 Å². The van der Waals surface area contributed by atoms with E-state index >= 15 is 0 Å². The van der Waals surface area contributed by atoms with Gasteiger partial charge in [0.15, 0.2) is 5.65 Å². The molecule has 1 saturated heterocycles. The monoisotopic (exact) mass is 234 g/mol. The summed E-state index contributed by atoms with van der Waals surface area (Å²) in [4.78, 5) is 18.4. The van der Waals surface area contributed by atoms with Crippen LogP contribution in [-0.2, 0) is 4.74 Å². The molecule has 2 aromatic rings. The second-order valence-corrected chi connectivity index (χ2v) is 4.23. The van der Waals surface area contributed by atoms with Gasteiger partial charge < -0.3 is 9.64 Å². The van der Waals surface area contributed by atoms with E-state index in [-0.39, 0.29) is 11.6 Å². The summed E-state index contributed by atoms with van der Waals surface area (Å²) in [6, 6.07) is 3.60. The van der Waals surface area contributed by atoms with Gasteiger partial charge in [0.05, 0.1) is 19.3 Å². The Kier molecular flexibility index (Phi) is 2.36. The van der Waals surface area contributed by atoms with Crippen LogP contribution in [0.5, 0.6) is 0 Å². The van der Waals surface area contributed by atoms with E-state index in [1.807, 2.05) is 0 Å². The lowest BCUT2D eigenvalue weighted by molar-refractivity contribution is 0.0985. The van der Waals surface area contributed by atoms with Gasteiger partial charge in [0.2, 0.25) is 0 Å². The first-order valence-corrected chi connectivity index (χ1v) is 5.67. The van der Waals surface area contributed by atoms with Gasteiger partial charge in [-0.3, -0.25) is 9.89 Å². The summed E-state index contributed by atoms with van der Waals surface area (Å²) < 4.78 is 6.80. The average Bonchev–Trinajstić information content (AvgIpc) is 2.78. The number of fused-ring (bicyclic) bond motifs is 1. The van der Waals surface area contributed by atoms with Crippen molar-refractivity contribution in [2.24, 2.45) is 0 Å². The Labute approximate surface area is 97.8 Å². The van der Waals surface area contributed by atoms with Crippen LogP contribution < -0.4 is 10.5 Å². The fourth-order valence-corrected chi connectivity index (χ4v) is 2.13. The van der Waals surface area contributed by atoms with E-state index in [0.29, 0.717) is 18.9 Å². The van der Waals surface area contributed by atoms with Gasteiger partial charge >= 0.3 is 0 Å². The normalized spacial score (nSPS) is 21.0. The highest BCUT2D eigenvalue weighted by Crippen LogP contribution is 2.16. The molecule has 1 aliphatic rings. The molecule has 0 spiro atoms. The zero-order valence-electron chi connectivity index (χ0n) is 9.59. The number of rotatable bonds is 1. The second kappa shape index (κ2) is 3.89. The van der Waals surface area contributed by atoms with Crippen molar-refractivity contribution in [3.8, 4) is 0 Å². The van der Waals surface area contributed by atoms with Gasteiger partial charge in [0.25, 0.3) is 5.56 Å². The summed E-state index contributed by atoms with van der Waals surface area (Å²) in [6.07, 6.45) is 1.70.